The molecule has 1 aliphatic heterocycles. The number of hydrogen-bond donors (Lipinski definition) is 3. The number of carbonyl (C=O) groups is 1. The quantitative estimate of drug-likeness (QED) is 0.590. The lowest BCUT2D eigenvalue weighted by Crippen LogP contribution is -2.13. The van der Waals surface area contributed by atoms with Gasteiger partial charge in [0.15, 0.2) is 11.5 Å². The van der Waals surface area contributed by atoms with Crippen molar-refractivity contribution in [3.8, 4) is 28.5 Å². The number of aromatic amines is 1. The number of phenols is 1. The first-order valence-corrected chi connectivity index (χ1v) is 9.82. The van der Waals surface area contributed by atoms with Crippen molar-refractivity contribution >= 4 is 26.9 Å². The lowest BCUT2D eigenvalue weighted by Gasteiger charge is -2.15. The Morgan fingerprint density at radius 2 is 2.00 bits per heavy atom. The minimum Gasteiger partial charge on any atom is -0.507 e. The Bertz CT molecular complexity index is 1200. The standard InChI is InChI=1S/C18H16N2O6S/c1-25-15-7-10(13-6-9-12(20-13)4-3-5-14(9)21)16-11(8-19-18(16)22)17(15)26-27(2,23)24/h3-7,20-21H,8H2,1-2H3,(H,19,22). The van der Waals surface area contributed by atoms with E-state index < -0.39 is 10.1 Å². The number of aromatic nitrogens is 1. The summed E-state index contributed by atoms with van der Waals surface area (Å²) in [5.74, 6) is -0.0476. The average molecular weight is 388 g/mol. The number of H-pyrrole nitrogens is 1. The predicted octanol–water partition coefficient (Wildman–Crippen LogP) is 2.13. The minimum absolute atomic E-state index is 0.00365. The van der Waals surface area contributed by atoms with Gasteiger partial charge in [0.2, 0.25) is 0 Å². The highest BCUT2D eigenvalue weighted by Gasteiger charge is 2.31. The first kappa shape index (κ1) is 17.2. The Hall–Kier alpha value is -3.20. The molecule has 0 atom stereocenters. The van der Waals surface area contributed by atoms with Gasteiger partial charge in [-0.3, -0.25) is 4.79 Å². The monoisotopic (exact) mass is 388 g/mol. The van der Waals surface area contributed by atoms with Crippen LogP contribution < -0.4 is 14.2 Å². The third-order valence-electron chi connectivity index (χ3n) is 4.38. The zero-order chi connectivity index (χ0) is 19.3. The predicted molar refractivity (Wildman–Crippen MR) is 98.6 cm³/mol. The smallest absolute Gasteiger partial charge is 0.306 e. The molecule has 2 aromatic carbocycles. The Balaban J connectivity index is 2.00. The molecule has 1 aromatic heterocycles. The van der Waals surface area contributed by atoms with Crippen molar-refractivity contribution in [1.82, 2.24) is 10.3 Å². The van der Waals surface area contributed by atoms with Crippen LogP contribution in [-0.4, -0.2) is 37.8 Å². The van der Waals surface area contributed by atoms with Gasteiger partial charge in [-0.1, -0.05) is 6.07 Å². The highest BCUT2D eigenvalue weighted by Crippen LogP contribution is 2.43. The zero-order valence-corrected chi connectivity index (χ0v) is 15.3. The number of hydrogen-bond acceptors (Lipinski definition) is 6. The van der Waals surface area contributed by atoms with E-state index in [0.29, 0.717) is 33.3 Å². The maximum Gasteiger partial charge on any atom is 0.306 e. The molecular weight excluding hydrogens is 372 g/mol. The summed E-state index contributed by atoms with van der Waals surface area (Å²) in [6.07, 6.45) is 0.928. The van der Waals surface area contributed by atoms with Crippen LogP contribution in [0.15, 0.2) is 30.3 Å². The fourth-order valence-electron chi connectivity index (χ4n) is 3.27. The maximum absolute atomic E-state index is 12.4. The second kappa shape index (κ2) is 5.92. The zero-order valence-electron chi connectivity index (χ0n) is 14.5. The van der Waals surface area contributed by atoms with Crippen molar-refractivity contribution < 1.29 is 27.2 Å². The summed E-state index contributed by atoms with van der Waals surface area (Å²) in [4.78, 5) is 15.6. The molecule has 9 heteroatoms. The molecule has 2 heterocycles. The fraction of sp³-hybridized carbons (Fsp3) is 0.167. The van der Waals surface area contributed by atoms with Crippen LogP contribution in [0, 0.1) is 0 Å². The summed E-state index contributed by atoms with van der Waals surface area (Å²) < 4.78 is 33.7. The molecule has 0 saturated heterocycles. The van der Waals surface area contributed by atoms with Gasteiger partial charge >= 0.3 is 10.1 Å². The van der Waals surface area contributed by atoms with Gasteiger partial charge in [-0.15, -0.1) is 0 Å². The van der Waals surface area contributed by atoms with Crippen LogP contribution in [0.4, 0.5) is 0 Å². The lowest BCUT2D eigenvalue weighted by molar-refractivity contribution is 0.0966. The molecule has 0 aliphatic carbocycles. The molecule has 8 nitrogen and oxygen atoms in total. The van der Waals surface area contributed by atoms with E-state index in [1.807, 2.05) is 0 Å². The third kappa shape index (κ3) is 2.85. The summed E-state index contributed by atoms with van der Waals surface area (Å²) >= 11 is 0. The number of carbonyl (C=O) groups excluding carboxylic acids is 1. The third-order valence-corrected chi connectivity index (χ3v) is 4.85. The molecule has 140 valence electrons. The van der Waals surface area contributed by atoms with Crippen molar-refractivity contribution in [2.75, 3.05) is 13.4 Å². The van der Waals surface area contributed by atoms with Gasteiger partial charge in [-0.05, 0) is 24.3 Å². The summed E-state index contributed by atoms with van der Waals surface area (Å²) in [6, 6.07) is 8.35. The molecule has 4 rings (SSSR count). The molecule has 0 saturated carbocycles. The topological polar surface area (TPSA) is 118 Å². The van der Waals surface area contributed by atoms with Gasteiger partial charge in [0, 0.05) is 34.3 Å². The number of phenolic OH excluding ortho intramolecular Hbond substituents is 1. The van der Waals surface area contributed by atoms with Crippen LogP contribution in [0.5, 0.6) is 17.2 Å². The second-order valence-corrected chi connectivity index (χ2v) is 7.78. The van der Waals surface area contributed by atoms with E-state index in [2.05, 4.69) is 10.3 Å². The molecule has 3 aromatic rings. The highest BCUT2D eigenvalue weighted by atomic mass is 32.2. The van der Waals surface area contributed by atoms with Gasteiger partial charge in [0.25, 0.3) is 5.91 Å². The molecule has 0 unspecified atom stereocenters. The number of nitrogens with one attached hydrogen (secondary N) is 2. The molecule has 0 fully saturated rings. The molecule has 1 aliphatic rings. The van der Waals surface area contributed by atoms with E-state index in [4.69, 9.17) is 8.92 Å². The van der Waals surface area contributed by atoms with Gasteiger partial charge in [-0.2, -0.15) is 8.42 Å². The number of amides is 1. The first-order valence-electron chi connectivity index (χ1n) is 8.01. The molecule has 1 amide bonds. The SMILES string of the molecule is COc1cc(-c2cc3c(O)cccc3[nH]2)c2c(c1OS(C)(=O)=O)CNC2=O. The number of fused-ring (bicyclic) bond motifs is 2. The van der Waals surface area contributed by atoms with Crippen LogP contribution in [0.25, 0.3) is 22.2 Å². The van der Waals surface area contributed by atoms with Gasteiger partial charge in [0.1, 0.15) is 5.75 Å². The van der Waals surface area contributed by atoms with E-state index in [1.165, 1.54) is 7.11 Å². The van der Waals surface area contributed by atoms with Crippen molar-refractivity contribution in [2.24, 2.45) is 0 Å². The largest absolute Gasteiger partial charge is 0.507 e. The minimum atomic E-state index is -3.81. The number of ether oxygens (including phenoxy) is 1. The van der Waals surface area contributed by atoms with Crippen molar-refractivity contribution in [1.29, 1.82) is 0 Å². The number of methoxy groups -OCH3 is 1. The van der Waals surface area contributed by atoms with E-state index in [-0.39, 0.29) is 29.7 Å². The molecule has 0 spiro atoms. The van der Waals surface area contributed by atoms with E-state index in [9.17, 15) is 18.3 Å². The van der Waals surface area contributed by atoms with Crippen molar-refractivity contribution in [2.45, 2.75) is 6.54 Å². The van der Waals surface area contributed by atoms with E-state index in [0.717, 1.165) is 6.26 Å². The van der Waals surface area contributed by atoms with Crippen LogP contribution in [0.2, 0.25) is 0 Å². The maximum atomic E-state index is 12.4. The molecule has 0 bridgehead atoms. The van der Waals surface area contributed by atoms with Crippen molar-refractivity contribution in [3.63, 3.8) is 0 Å². The summed E-state index contributed by atoms with van der Waals surface area (Å²) in [6.45, 7) is 0.120. The Morgan fingerprint density at radius 1 is 1.22 bits per heavy atom. The molecule has 0 radical (unpaired) electrons. The van der Waals surface area contributed by atoms with Crippen LogP contribution >= 0.6 is 0 Å². The number of aromatic hydroxyl groups is 1. The normalized spacial score (nSPS) is 13.5. The molecule has 3 N–H and O–H groups in total. The van der Waals surface area contributed by atoms with Crippen LogP contribution in [0.3, 0.4) is 0 Å². The van der Waals surface area contributed by atoms with E-state index in [1.54, 1.807) is 30.3 Å². The van der Waals surface area contributed by atoms with Gasteiger partial charge in [-0.25, -0.2) is 0 Å². The van der Waals surface area contributed by atoms with Crippen molar-refractivity contribution in [3.05, 3.63) is 41.5 Å². The van der Waals surface area contributed by atoms with Gasteiger partial charge in [0.05, 0.1) is 18.9 Å². The number of rotatable bonds is 4. The summed E-state index contributed by atoms with van der Waals surface area (Å²) in [7, 11) is -2.42. The Kier molecular flexibility index (Phi) is 3.77. The average Bonchev–Trinajstić information content (AvgIpc) is 3.19. The lowest BCUT2D eigenvalue weighted by atomic mass is 9.98. The second-order valence-electron chi connectivity index (χ2n) is 6.20. The Morgan fingerprint density at radius 3 is 2.67 bits per heavy atom. The number of benzene rings is 2. The van der Waals surface area contributed by atoms with E-state index >= 15 is 0 Å². The first-order chi connectivity index (χ1) is 12.8. The fourth-order valence-corrected chi connectivity index (χ4v) is 3.76. The summed E-state index contributed by atoms with van der Waals surface area (Å²) in [5.41, 5.74) is 2.52. The van der Waals surface area contributed by atoms with Crippen LogP contribution in [0.1, 0.15) is 15.9 Å². The summed E-state index contributed by atoms with van der Waals surface area (Å²) in [5, 5.41) is 13.3. The molecular formula is C18H16N2O6S. The highest BCUT2D eigenvalue weighted by molar-refractivity contribution is 7.86. The molecule has 27 heavy (non-hydrogen) atoms. The van der Waals surface area contributed by atoms with Gasteiger partial charge < -0.3 is 24.3 Å². The Labute approximate surface area is 154 Å². The van der Waals surface area contributed by atoms with Crippen LogP contribution in [-0.2, 0) is 16.7 Å².